The van der Waals surface area contributed by atoms with Gasteiger partial charge in [0, 0.05) is 18.8 Å². The number of rotatable bonds is 5. The van der Waals surface area contributed by atoms with E-state index < -0.39 is 0 Å². The van der Waals surface area contributed by atoms with Gasteiger partial charge in [0.05, 0.1) is 5.69 Å². The van der Waals surface area contributed by atoms with Crippen LogP contribution in [0.15, 0.2) is 12.3 Å². The lowest BCUT2D eigenvalue weighted by molar-refractivity contribution is 0.569. The van der Waals surface area contributed by atoms with E-state index in [1.165, 1.54) is 19.3 Å². The Morgan fingerprint density at radius 1 is 1.47 bits per heavy atom. The molecule has 1 saturated carbocycles. The Balaban J connectivity index is 2.14. The third-order valence-corrected chi connectivity index (χ3v) is 3.24. The largest absolute Gasteiger partial charge is 0.396 e. The molecule has 1 aliphatic carbocycles. The molecular weight excluding hydrogens is 210 g/mol. The first-order valence-electron chi connectivity index (χ1n) is 6.56. The molecule has 0 saturated heterocycles. The number of anilines is 2. The second-order valence-electron chi connectivity index (χ2n) is 5.53. The highest BCUT2D eigenvalue weighted by Crippen LogP contribution is 2.34. The predicted molar refractivity (Wildman–Crippen MR) is 73.2 cm³/mol. The van der Waals surface area contributed by atoms with Crippen LogP contribution in [0.1, 0.15) is 38.7 Å². The van der Waals surface area contributed by atoms with Gasteiger partial charge in [-0.25, -0.2) is 4.98 Å². The van der Waals surface area contributed by atoms with Crippen LogP contribution in [0.3, 0.4) is 0 Å². The number of aryl methyl sites for hydroxylation is 1. The van der Waals surface area contributed by atoms with Gasteiger partial charge in [-0.2, -0.15) is 0 Å². The van der Waals surface area contributed by atoms with Gasteiger partial charge in [0.1, 0.15) is 0 Å². The maximum Gasteiger partial charge on any atom is 0.152 e. The Morgan fingerprint density at radius 2 is 2.18 bits per heavy atom. The van der Waals surface area contributed by atoms with Gasteiger partial charge in [-0.1, -0.05) is 13.8 Å². The minimum absolute atomic E-state index is 0.672. The fourth-order valence-corrected chi connectivity index (χ4v) is 2.07. The molecule has 3 nitrogen and oxygen atoms in total. The maximum absolute atomic E-state index is 6.09. The molecule has 1 aromatic heterocycles. The summed E-state index contributed by atoms with van der Waals surface area (Å²) in [5, 5.41) is 0. The molecule has 3 heteroatoms. The van der Waals surface area contributed by atoms with Crippen molar-refractivity contribution >= 4 is 11.5 Å². The van der Waals surface area contributed by atoms with Crippen LogP contribution in [-0.2, 0) is 0 Å². The molecule has 0 spiro atoms. The molecule has 94 valence electrons. The van der Waals surface area contributed by atoms with Gasteiger partial charge < -0.3 is 10.6 Å². The number of hydrogen-bond donors (Lipinski definition) is 1. The van der Waals surface area contributed by atoms with Crippen molar-refractivity contribution in [2.75, 3.05) is 17.2 Å². The van der Waals surface area contributed by atoms with E-state index in [0.717, 1.165) is 29.5 Å². The summed E-state index contributed by atoms with van der Waals surface area (Å²) in [6.07, 6.45) is 5.68. The maximum atomic E-state index is 6.09. The summed E-state index contributed by atoms with van der Waals surface area (Å²) >= 11 is 0. The van der Waals surface area contributed by atoms with Gasteiger partial charge >= 0.3 is 0 Å². The summed E-state index contributed by atoms with van der Waals surface area (Å²) < 4.78 is 0. The number of aromatic nitrogens is 1. The van der Waals surface area contributed by atoms with Crippen LogP contribution in [-0.4, -0.2) is 17.6 Å². The molecule has 1 aromatic rings. The molecule has 0 aromatic carbocycles. The van der Waals surface area contributed by atoms with E-state index in [9.17, 15) is 0 Å². The summed E-state index contributed by atoms with van der Waals surface area (Å²) in [7, 11) is 0. The predicted octanol–water partition coefficient (Wildman–Crippen LogP) is 2.99. The van der Waals surface area contributed by atoms with Crippen molar-refractivity contribution in [2.24, 2.45) is 5.92 Å². The highest BCUT2D eigenvalue weighted by Gasteiger charge is 2.30. The molecular formula is C14H23N3. The molecule has 2 rings (SSSR count). The van der Waals surface area contributed by atoms with Gasteiger partial charge in [0.25, 0.3) is 0 Å². The Morgan fingerprint density at radius 3 is 2.71 bits per heavy atom. The van der Waals surface area contributed by atoms with Crippen molar-refractivity contribution in [3.05, 3.63) is 17.8 Å². The summed E-state index contributed by atoms with van der Waals surface area (Å²) in [5.74, 6) is 1.71. The zero-order chi connectivity index (χ0) is 12.4. The van der Waals surface area contributed by atoms with E-state index in [2.05, 4.69) is 23.7 Å². The fraction of sp³-hybridized carbons (Fsp3) is 0.643. The Bertz CT molecular complexity index is 383. The van der Waals surface area contributed by atoms with Crippen molar-refractivity contribution in [3.63, 3.8) is 0 Å². The van der Waals surface area contributed by atoms with Crippen molar-refractivity contribution in [3.8, 4) is 0 Å². The first-order chi connectivity index (χ1) is 8.08. The minimum Gasteiger partial charge on any atom is -0.396 e. The number of nitrogen functional groups attached to an aromatic ring is 1. The number of nitrogens with zero attached hydrogens (tertiary/aromatic N) is 2. The van der Waals surface area contributed by atoms with Crippen LogP contribution in [0.4, 0.5) is 11.5 Å². The molecule has 0 amide bonds. The second kappa shape index (κ2) is 4.94. The van der Waals surface area contributed by atoms with Crippen molar-refractivity contribution in [1.82, 2.24) is 4.98 Å². The van der Waals surface area contributed by atoms with Crippen LogP contribution >= 0.6 is 0 Å². The van der Waals surface area contributed by atoms with E-state index in [1.54, 1.807) is 0 Å². The minimum atomic E-state index is 0.672. The number of pyridine rings is 1. The second-order valence-corrected chi connectivity index (χ2v) is 5.53. The SMILES string of the molecule is Cc1cnc(N(CCC(C)C)C2CC2)c(N)c1. The molecule has 0 aliphatic heterocycles. The molecule has 1 aliphatic rings. The lowest BCUT2D eigenvalue weighted by atomic mass is 10.1. The average molecular weight is 233 g/mol. The summed E-state index contributed by atoms with van der Waals surface area (Å²) in [6, 6.07) is 2.69. The van der Waals surface area contributed by atoms with E-state index in [-0.39, 0.29) is 0 Å². The van der Waals surface area contributed by atoms with Gasteiger partial charge in [-0.05, 0) is 43.7 Å². The standard InChI is InChI=1S/C14H23N3/c1-10(2)6-7-17(12-4-5-12)14-13(15)8-11(3)9-16-14/h8-10,12H,4-7,15H2,1-3H3. The van der Waals surface area contributed by atoms with Crippen LogP contribution in [0, 0.1) is 12.8 Å². The monoisotopic (exact) mass is 233 g/mol. The first kappa shape index (κ1) is 12.2. The third-order valence-electron chi connectivity index (χ3n) is 3.24. The third kappa shape index (κ3) is 3.11. The van der Waals surface area contributed by atoms with Crippen LogP contribution in [0.2, 0.25) is 0 Å². The smallest absolute Gasteiger partial charge is 0.152 e. The van der Waals surface area contributed by atoms with E-state index in [0.29, 0.717) is 6.04 Å². The Hall–Kier alpha value is -1.25. The van der Waals surface area contributed by atoms with Gasteiger partial charge in [-0.3, -0.25) is 0 Å². The molecule has 0 atom stereocenters. The quantitative estimate of drug-likeness (QED) is 0.850. The highest BCUT2D eigenvalue weighted by molar-refractivity contribution is 5.64. The van der Waals surface area contributed by atoms with Crippen molar-refractivity contribution in [1.29, 1.82) is 0 Å². The Labute approximate surface area is 104 Å². The number of hydrogen-bond acceptors (Lipinski definition) is 3. The zero-order valence-electron chi connectivity index (χ0n) is 11.1. The van der Waals surface area contributed by atoms with E-state index >= 15 is 0 Å². The van der Waals surface area contributed by atoms with Gasteiger partial charge in [0.2, 0.25) is 0 Å². The molecule has 17 heavy (non-hydrogen) atoms. The van der Waals surface area contributed by atoms with Gasteiger partial charge in [0.15, 0.2) is 5.82 Å². The van der Waals surface area contributed by atoms with Gasteiger partial charge in [-0.15, -0.1) is 0 Å². The molecule has 1 heterocycles. The van der Waals surface area contributed by atoms with Crippen LogP contribution in [0.25, 0.3) is 0 Å². The van der Waals surface area contributed by atoms with E-state index in [4.69, 9.17) is 5.73 Å². The molecule has 2 N–H and O–H groups in total. The lowest BCUT2D eigenvalue weighted by Crippen LogP contribution is -2.29. The molecule has 0 unspecified atom stereocenters. The zero-order valence-corrected chi connectivity index (χ0v) is 11.1. The van der Waals surface area contributed by atoms with Crippen LogP contribution in [0.5, 0.6) is 0 Å². The molecule has 1 fully saturated rings. The number of nitrogens with two attached hydrogens (primary N) is 1. The fourth-order valence-electron chi connectivity index (χ4n) is 2.07. The van der Waals surface area contributed by atoms with Crippen molar-refractivity contribution in [2.45, 2.75) is 46.1 Å². The Kier molecular flexibility index (Phi) is 3.55. The van der Waals surface area contributed by atoms with E-state index in [1.807, 2.05) is 19.2 Å². The normalized spacial score (nSPS) is 15.3. The summed E-state index contributed by atoms with van der Waals surface area (Å²) in [5.41, 5.74) is 8.04. The lowest BCUT2D eigenvalue weighted by Gasteiger charge is -2.25. The first-order valence-corrected chi connectivity index (χ1v) is 6.56. The summed E-state index contributed by atoms with van der Waals surface area (Å²) in [4.78, 5) is 6.92. The summed E-state index contributed by atoms with van der Waals surface area (Å²) in [6.45, 7) is 7.62. The highest BCUT2D eigenvalue weighted by atomic mass is 15.2. The molecule has 0 bridgehead atoms. The van der Waals surface area contributed by atoms with Crippen LogP contribution < -0.4 is 10.6 Å². The van der Waals surface area contributed by atoms with Crippen molar-refractivity contribution < 1.29 is 0 Å². The topological polar surface area (TPSA) is 42.2 Å². The molecule has 0 radical (unpaired) electrons. The average Bonchev–Trinajstić information content (AvgIpc) is 3.04.